The van der Waals surface area contributed by atoms with Gasteiger partial charge in [-0.05, 0) is 30.3 Å². The molecule has 0 fully saturated rings. The molecule has 0 unspecified atom stereocenters. The predicted octanol–water partition coefficient (Wildman–Crippen LogP) is 3.17. The number of rotatable bonds is 2. The summed E-state index contributed by atoms with van der Waals surface area (Å²) in [5.41, 5.74) is 7.33. The molecule has 0 atom stereocenters. The Morgan fingerprint density at radius 1 is 1.13 bits per heavy atom. The standard InChI is InChI=1S/C11H10BrN3/c12-8-1-3-10(4-2-8)15-11-7-9(13)5-6-14-11/h1-7H,(H3,13,14,15). The Morgan fingerprint density at radius 2 is 1.87 bits per heavy atom. The number of nitrogens with two attached hydrogens (primary N) is 1. The fourth-order valence-electron chi connectivity index (χ4n) is 1.20. The molecule has 1 aromatic heterocycles. The lowest BCUT2D eigenvalue weighted by molar-refractivity contribution is 1.31. The summed E-state index contributed by atoms with van der Waals surface area (Å²) in [5, 5.41) is 3.16. The molecule has 1 aromatic carbocycles. The fraction of sp³-hybridized carbons (Fsp3) is 0. The monoisotopic (exact) mass is 263 g/mol. The largest absolute Gasteiger partial charge is 0.399 e. The number of halogens is 1. The van der Waals surface area contributed by atoms with Gasteiger partial charge in [-0.1, -0.05) is 15.9 Å². The summed E-state index contributed by atoms with van der Waals surface area (Å²) < 4.78 is 1.05. The molecule has 3 nitrogen and oxygen atoms in total. The van der Waals surface area contributed by atoms with E-state index in [-0.39, 0.29) is 0 Å². The van der Waals surface area contributed by atoms with Crippen LogP contribution in [0.2, 0.25) is 0 Å². The van der Waals surface area contributed by atoms with Gasteiger partial charge in [0.1, 0.15) is 5.82 Å². The summed E-state index contributed by atoms with van der Waals surface area (Å²) >= 11 is 3.38. The predicted molar refractivity (Wildman–Crippen MR) is 66.1 cm³/mol. The highest BCUT2D eigenvalue weighted by molar-refractivity contribution is 9.10. The molecule has 2 rings (SSSR count). The summed E-state index contributed by atoms with van der Waals surface area (Å²) in [4.78, 5) is 4.15. The van der Waals surface area contributed by atoms with E-state index >= 15 is 0 Å². The van der Waals surface area contributed by atoms with Crippen molar-refractivity contribution in [3.05, 3.63) is 47.1 Å². The number of nitrogens with zero attached hydrogens (tertiary/aromatic N) is 1. The molecule has 0 aliphatic carbocycles. The molecule has 4 heteroatoms. The van der Waals surface area contributed by atoms with E-state index in [4.69, 9.17) is 5.73 Å². The van der Waals surface area contributed by atoms with Crippen molar-refractivity contribution in [1.29, 1.82) is 0 Å². The van der Waals surface area contributed by atoms with Gasteiger partial charge in [-0.15, -0.1) is 0 Å². The van der Waals surface area contributed by atoms with Gasteiger partial charge < -0.3 is 11.1 Å². The molecule has 1 heterocycles. The zero-order valence-electron chi connectivity index (χ0n) is 7.94. The molecular formula is C11H10BrN3. The van der Waals surface area contributed by atoms with E-state index in [0.717, 1.165) is 16.0 Å². The van der Waals surface area contributed by atoms with Crippen LogP contribution in [-0.4, -0.2) is 4.98 Å². The lowest BCUT2D eigenvalue weighted by atomic mass is 10.3. The summed E-state index contributed by atoms with van der Waals surface area (Å²) in [6.45, 7) is 0. The molecule has 0 saturated heterocycles. The number of nitrogens with one attached hydrogen (secondary N) is 1. The van der Waals surface area contributed by atoms with Crippen LogP contribution in [0.1, 0.15) is 0 Å². The van der Waals surface area contributed by atoms with E-state index in [9.17, 15) is 0 Å². The number of nitrogen functional groups attached to an aromatic ring is 1. The van der Waals surface area contributed by atoms with Gasteiger partial charge in [-0.25, -0.2) is 4.98 Å². The molecule has 0 amide bonds. The highest BCUT2D eigenvalue weighted by Crippen LogP contribution is 2.18. The minimum Gasteiger partial charge on any atom is -0.399 e. The van der Waals surface area contributed by atoms with Crippen LogP contribution in [-0.2, 0) is 0 Å². The first-order chi connectivity index (χ1) is 7.24. The average molecular weight is 264 g/mol. The van der Waals surface area contributed by atoms with Crippen molar-refractivity contribution in [2.45, 2.75) is 0 Å². The van der Waals surface area contributed by atoms with Gasteiger partial charge >= 0.3 is 0 Å². The van der Waals surface area contributed by atoms with Gasteiger partial charge in [0.2, 0.25) is 0 Å². The fourth-order valence-corrected chi connectivity index (χ4v) is 1.46. The Balaban J connectivity index is 2.18. The second-order valence-corrected chi connectivity index (χ2v) is 4.02. The minimum atomic E-state index is 0.699. The van der Waals surface area contributed by atoms with E-state index < -0.39 is 0 Å². The summed E-state index contributed by atoms with van der Waals surface area (Å²) in [7, 11) is 0. The van der Waals surface area contributed by atoms with Crippen molar-refractivity contribution in [1.82, 2.24) is 4.98 Å². The lowest BCUT2D eigenvalue weighted by Crippen LogP contribution is -1.94. The van der Waals surface area contributed by atoms with Crippen molar-refractivity contribution in [2.24, 2.45) is 0 Å². The zero-order chi connectivity index (χ0) is 10.7. The Hall–Kier alpha value is -1.55. The molecule has 76 valence electrons. The smallest absolute Gasteiger partial charge is 0.132 e. The molecule has 0 radical (unpaired) electrons. The average Bonchev–Trinajstić information content (AvgIpc) is 2.22. The van der Waals surface area contributed by atoms with Gasteiger partial charge in [0.15, 0.2) is 0 Å². The van der Waals surface area contributed by atoms with Crippen molar-refractivity contribution in [3.8, 4) is 0 Å². The number of benzene rings is 1. The number of pyridine rings is 1. The van der Waals surface area contributed by atoms with E-state index in [1.807, 2.05) is 24.3 Å². The first-order valence-corrected chi connectivity index (χ1v) is 5.27. The van der Waals surface area contributed by atoms with E-state index in [1.54, 1.807) is 18.3 Å². The molecule has 0 spiro atoms. The summed E-state index contributed by atoms with van der Waals surface area (Å²) in [5.74, 6) is 0.748. The highest BCUT2D eigenvalue weighted by atomic mass is 79.9. The van der Waals surface area contributed by atoms with E-state index in [0.29, 0.717) is 5.69 Å². The van der Waals surface area contributed by atoms with Crippen LogP contribution in [0.25, 0.3) is 0 Å². The third kappa shape index (κ3) is 2.70. The maximum Gasteiger partial charge on any atom is 0.132 e. The highest BCUT2D eigenvalue weighted by Gasteiger charge is 1.95. The van der Waals surface area contributed by atoms with E-state index in [1.165, 1.54) is 0 Å². The van der Waals surface area contributed by atoms with E-state index in [2.05, 4.69) is 26.2 Å². The lowest BCUT2D eigenvalue weighted by Gasteiger charge is -2.05. The summed E-state index contributed by atoms with van der Waals surface area (Å²) in [6, 6.07) is 11.4. The maximum absolute atomic E-state index is 5.65. The number of aromatic nitrogens is 1. The van der Waals surface area contributed by atoms with Crippen LogP contribution in [0.4, 0.5) is 17.2 Å². The molecule has 0 bridgehead atoms. The van der Waals surface area contributed by atoms with Gasteiger partial charge in [0.05, 0.1) is 0 Å². The molecule has 2 aromatic rings. The van der Waals surface area contributed by atoms with Gasteiger partial charge in [-0.3, -0.25) is 0 Å². The molecule has 3 N–H and O–H groups in total. The SMILES string of the molecule is Nc1ccnc(Nc2ccc(Br)cc2)c1. The molecule has 0 saturated carbocycles. The van der Waals surface area contributed by atoms with Gasteiger partial charge in [0, 0.05) is 28.1 Å². The third-order valence-electron chi connectivity index (χ3n) is 1.90. The van der Waals surface area contributed by atoms with Crippen LogP contribution in [0.3, 0.4) is 0 Å². The number of hydrogen-bond acceptors (Lipinski definition) is 3. The zero-order valence-corrected chi connectivity index (χ0v) is 9.53. The Labute approximate surface area is 96.5 Å². The van der Waals surface area contributed by atoms with Crippen LogP contribution in [0, 0.1) is 0 Å². The first kappa shape index (κ1) is 9.98. The summed E-state index contributed by atoms with van der Waals surface area (Å²) in [6.07, 6.45) is 1.68. The Bertz CT molecular complexity index is 454. The van der Waals surface area contributed by atoms with Crippen molar-refractivity contribution in [3.63, 3.8) is 0 Å². The van der Waals surface area contributed by atoms with Crippen molar-refractivity contribution in [2.75, 3.05) is 11.1 Å². The second kappa shape index (κ2) is 4.31. The minimum absolute atomic E-state index is 0.699. The first-order valence-electron chi connectivity index (χ1n) is 4.48. The van der Waals surface area contributed by atoms with Crippen LogP contribution in [0.5, 0.6) is 0 Å². The quantitative estimate of drug-likeness (QED) is 0.875. The maximum atomic E-state index is 5.65. The van der Waals surface area contributed by atoms with Crippen molar-refractivity contribution >= 4 is 33.1 Å². The second-order valence-electron chi connectivity index (χ2n) is 3.11. The Kier molecular flexibility index (Phi) is 2.87. The molecule has 0 aliphatic rings. The molecular weight excluding hydrogens is 254 g/mol. The third-order valence-corrected chi connectivity index (χ3v) is 2.43. The van der Waals surface area contributed by atoms with Crippen LogP contribution >= 0.6 is 15.9 Å². The molecule has 15 heavy (non-hydrogen) atoms. The molecule has 0 aliphatic heterocycles. The van der Waals surface area contributed by atoms with Gasteiger partial charge in [0.25, 0.3) is 0 Å². The van der Waals surface area contributed by atoms with Crippen LogP contribution in [0.15, 0.2) is 47.1 Å². The van der Waals surface area contributed by atoms with Crippen molar-refractivity contribution < 1.29 is 0 Å². The normalized spacial score (nSPS) is 9.93. The number of anilines is 3. The Morgan fingerprint density at radius 3 is 2.53 bits per heavy atom. The van der Waals surface area contributed by atoms with Crippen LogP contribution < -0.4 is 11.1 Å². The number of hydrogen-bond donors (Lipinski definition) is 2. The van der Waals surface area contributed by atoms with Gasteiger partial charge in [-0.2, -0.15) is 0 Å². The topological polar surface area (TPSA) is 50.9 Å².